The van der Waals surface area contributed by atoms with Crippen molar-refractivity contribution in [3.05, 3.63) is 17.3 Å². The quantitative estimate of drug-likeness (QED) is 0.795. The second-order valence-electron chi connectivity index (χ2n) is 8.66. The van der Waals surface area contributed by atoms with Gasteiger partial charge in [0, 0.05) is 44.5 Å². The molecule has 3 fully saturated rings. The molecular formula is C21H29N3O4. The fourth-order valence-electron chi connectivity index (χ4n) is 4.82. The van der Waals surface area contributed by atoms with Crippen molar-refractivity contribution < 1.29 is 18.7 Å². The number of rotatable bonds is 3. The standard InChI is InChI=1S/C21H29N3O4/c25-20(15-6-9-23(10-7-15)21(26)18-5-2-12-27-18)24-11-8-17-16(13-24)22-19(28-17)14-3-1-4-14/h14-15,18H,1-13H2. The molecule has 3 aliphatic heterocycles. The molecule has 7 heteroatoms. The van der Waals surface area contributed by atoms with Crippen LogP contribution in [-0.2, 0) is 27.3 Å². The lowest BCUT2D eigenvalue weighted by Gasteiger charge is -2.35. The van der Waals surface area contributed by atoms with Crippen molar-refractivity contribution in [3.63, 3.8) is 0 Å². The highest BCUT2D eigenvalue weighted by molar-refractivity contribution is 5.82. The zero-order valence-corrected chi connectivity index (χ0v) is 16.4. The molecule has 1 aromatic rings. The number of hydrogen-bond donors (Lipinski definition) is 0. The first kappa shape index (κ1) is 18.2. The summed E-state index contributed by atoms with van der Waals surface area (Å²) in [5.41, 5.74) is 0.951. The normalized spacial score (nSPS) is 26.2. The summed E-state index contributed by atoms with van der Waals surface area (Å²) in [4.78, 5) is 34.1. The third kappa shape index (κ3) is 3.34. The molecule has 0 aromatic carbocycles. The molecular weight excluding hydrogens is 358 g/mol. The number of amides is 2. The smallest absolute Gasteiger partial charge is 0.251 e. The Hall–Kier alpha value is -1.89. The lowest BCUT2D eigenvalue weighted by atomic mass is 9.85. The van der Waals surface area contributed by atoms with Crippen molar-refractivity contribution in [2.24, 2.45) is 5.92 Å². The van der Waals surface area contributed by atoms with Crippen LogP contribution < -0.4 is 0 Å². The molecule has 2 amide bonds. The zero-order valence-electron chi connectivity index (χ0n) is 16.4. The molecule has 7 nitrogen and oxygen atoms in total. The summed E-state index contributed by atoms with van der Waals surface area (Å²) in [6.45, 7) is 3.28. The predicted octanol–water partition coefficient (Wildman–Crippen LogP) is 2.24. The van der Waals surface area contributed by atoms with Crippen LogP contribution in [0.25, 0.3) is 0 Å². The van der Waals surface area contributed by atoms with Gasteiger partial charge in [0.05, 0.1) is 6.54 Å². The van der Waals surface area contributed by atoms with Crippen LogP contribution in [0.5, 0.6) is 0 Å². The maximum absolute atomic E-state index is 13.0. The molecule has 1 aromatic heterocycles. The van der Waals surface area contributed by atoms with E-state index in [1.165, 1.54) is 19.3 Å². The number of carbonyl (C=O) groups is 2. The van der Waals surface area contributed by atoms with E-state index in [-0.39, 0.29) is 23.8 Å². The van der Waals surface area contributed by atoms with Gasteiger partial charge in [0.15, 0.2) is 5.89 Å². The van der Waals surface area contributed by atoms with Crippen molar-refractivity contribution in [1.29, 1.82) is 0 Å². The Morgan fingerprint density at radius 1 is 0.929 bits per heavy atom. The van der Waals surface area contributed by atoms with E-state index in [4.69, 9.17) is 14.1 Å². The van der Waals surface area contributed by atoms with Crippen molar-refractivity contribution >= 4 is 11.8 Å². The fraction of sp³-hybridized carbons (Fsp3) is 0.762. The molecule has 1 unspecified atom stereocenters. The highest BCUT2D eigenvalue weighted by atomic mass is 16.5. The number of ether oxygens (including phenoxy) is 1. The summed E-state index contributed by atoms with van der Waals surface area (Å²) < 4.78 is 11.5. The molecule has 1 saturated carbocycles. The maximum atomic E-state index is 13.0. The van der Waals surface area contributed by atoms with E-state index >= 15 is 0 Å². The highest BCUT2D eigenvalue weighted by Crippen LogP contribution is 2.37. The first-order valence-electron chi connectivity index (χ1n) is 10.9. The molecule has 0 bridgehead atoms. The van der Waals surface area contributed by atoms with Gasteiger partial charge in [-0.25, -0.2) is 4.98 Å². The molecule has 2 saturated heterocycles. The van der Waals surface area contributed by atoms with Gasteiger partial charge in [0.1, 0.15) is 17.6 Å². The van der Waals surface area contributed by atoms with Gasteiger partial charge in [-0.2, -0.15) is 0 Å². The van der Waals surface area contributed by atoms with Crippen molar-refractivity contribution in [2.75, 3.05) is 26.2 Å². The fourth-order valence-corrected chi connectivity index (χ4v) is 4.82. The van der Waals surface area contributed by atoms with Gasteiger partial charge >= 0.3 is 0 Å². The van der Waals surface area contributed by atoms with E-state index in [2.05, 4.69) is 0 Å². The Morgan fingerprint density at radius 2 is 1.75 bits per heavy atom. The second-order valence-corrected chi connectivity index (χ2v) is 8.66. The summed E-state index contributed by atoms with van der Waals surface area (Å²) in [5, 5.41) is 0. The molecule has 4 aliphatic rings. The molecule has 152 valence electrons. The van der Waals surface area contributed by atoms with E-state index in [1.54, 1.807) is 0 Å². The van der Waals surface area contributed by atoms with Gasteiger partial charge in [-0.3, -0.25) is 9.59 Å². The first-order valence-corrected chi connectivity index (χ1v) is 10.9. The molecule has 28 heavy (non-hydrogen) atoms. The Morgan fingerprint density at radius 3 is 2.43 bits per heavy atom. The van der Waals surface area contributed by atoms with Gasteiger partial charge in [-0.15, -0.1) is 0 Å². The van der Waals surface area contributed by atoms with Crippen LogP contribution in [0.15, 0.2) is 4.42 Å². The van der Waals surface area contributed by atoms with Gasteiger partial charge in [0.2, 0.25) is 5.91 Å². The molecule has 4 heterocycles. The number of piperidine rings is 1. The molecule has 0 N–H and O–H groups in total. The summed E-state index contributed by atoms with van der Waals surface area (Å²) in [5.74, 6) is 2.67. The van der Waals surface area contributed by atoms with E-state index < -0.39 is 0 Å². The predicted molar refractivity (Wildman–Crippen MR) is 100 cm³/mol. The third-order valence-electron chi connectivity index (χ3n) is 6.87. The lowest BCUT2D eigenvalue weighted by molar-refractivity contribution is -0.146. The molecule has 0 radical (unpaired) electrons. The Balaban J connectivity index is 1.16. The van der Waals surface area contributed by atoms with Crippen LogP contribution >= 0.6 is 0 Å². The number of hydrogen-bond acceptors (Lipinski definition) is 5. The molecule has 1 atom stereocenters. The van der Waals surface area contributed by atoms with Gasteiger partial charge < -0.3 is 19.0 Å². The maximum Gasteiger partial charge on any atom is 0.251 e. The van der Waals surface area contributed by atoms with E-state index in [9.17, 15) is 9.59 Å². The minimum Gasteiger partial charge on any atom is -0.445 e. The average molecular weight is 387 g/mol. The van der Waals surface area contributed by atoms with Crippen LogP contribution in [0.3, 0.4) is 0 Å². The topological polar surface area (TPSA) is 75.9 Å². The van der Waals surface area contributed by atoms with Crippen molar-refractivity contribution in [2.45, 2.75) is 69.9 Å². The second kappa shape index (κ2) is 7.50. The zero-order chi connectivity index (χ0) is 19.1. The molecule has 5 rings (SSSR count). The minimum absolute atomic E-state index is 0.00750. The summed E-state index contributed by atoms with van der Waals surface area (Å²) >= 11 is 0. The first-order chi connectivity index (χ1) is 13.7. The van der Waals surface area contributed by atoms with Crippen LogP contribution in [0.2, 0.25) is 0 Å². The van der Waals surface area contributed by atoms with E-state index in [0.29, 0.717) is 38.7 Å². The van der Waals surface area contributed by atoms with E-state index in [1.807, 2.05) is 9.80 Å². The number of aromatic nitrogens is 1. The summed E-state index contributed by atoms with van der Waals surface area (Å²) in [7, 11) is 0. The number of fused-ring (bicyclic) bond motifs is 1. The number of carbonyl (C=O) groups excluding carboxylic acids is 2. The third-order valence-corrected chi connectivity index (χ3v) is 6.87. The minimum atomic E-state index is -0.259. The Bertz CT molecular complexity index is 743. The van der Waals surface area contributed by atoms with Gasteiger partial charge in [-0.05, 0) is 38.5 Å². The summed E-state index contributed by atoms with van der Waals surface area (Å²) in [6.07, 6.45) is 7.38. The lowest BCUT2D eigenvalue weighted by Crippen LogP contribution is -2.47. The highest BCUT2D eigenvalue weighted by Gasteiger charge is 2.36. The van der Waals surface area contributed by atoms with Crippen LogP contribution in [0, 0.1) is 5.92 Å². The van der Waals surface area contributed by atoms with Crippen molar-refractivity contribution in [1.82, 2.24) is 14.8 Å². The Labute approximate surface area is 165 Å². The number of nitrogens with zero attached hydrogens (tertiary/aromatic N) is 3. The van der Waals surface area contributed by atoms with Crippen molar-refractivity contribution in [3.8, 4) is 0 Å². The molecule has 0 spiro atoms. The molecule has 1 aliphatic carbocycles. The largest absolute Gasteiger partial charge is 0.445 e. The van der Waals surface area contributed by atoms with Gasteiger partial charge in [-0.1, -0.05) is 6.42 Å². The number of oxazole rings is 1. The summed E-state index contributed by atoms with van der Waals surface area (Å²) in [6, 6.07) is 0. The van der Waals surface area contributed by atoms with E-state index in [0.717, 1.165) is 49.4 Å². The van der Waals surface area contributed by atoms with Crippen LogP contribution in [0.4, 0.5) is 0 Å². The van der Waals surface area contributed by atoms with Crippen LogP contribution in [0.1, 0.15) is 68.2 Å². The average Bonchev–Trinajstić information content (AvgIpc) is 3.35. The van der Waals surface area contributed by atoms with Gasteiger partial charge in [0.25, 0.3) is 5.91 Å². The monoisotopic (exact) mass is 387 g/mol. The Kier molecular flexibility index (Phi) is 4.87. The SMILES string of the molecule is O=C(C1CCN(C(=O)C2CCCO2)CC1)N1CCc2oc(C3CCC3)nc2C1. The number of likely N-dealkylation sites (tertiary alicyclic amines) is 1. The van der Waals surface area contributed by atoms with Crippen LogP contribution in [-0.4, -0.2) is 58.9 Å².